The average Bonchev–Trinajstić information content (AvgIpc) is 3.13. The predicted molar refractivity (Wildman–Crippen MR) is 107 cm³/mol. The van der Waals surface area contributed by atoms with E-state index in [0.29, 0.717) is 29.3 Å². The number of nitrogens with zero attached hydrogens (tertiary/aromatic N) is 1. The number of aryl methyl sites for hydroxylation is 2. The summed E-state index contributed by atoms with van der Waals surface area (Å²) in [5.41, 5.74) is 3.27. The smallest absolute Gasteiger partial charge is 0.258 e. The number of likely N-dealkylation sites (tertiary alicyclic amines) is 1. The van der Waals surface area contributed by atoms with Crippen molar-refractivity contribution in [2.45, 2.75) is 32.7 Å². The van der Waals surface area contributed by atoms with E-state index < -0.39 is 6.04 Å². The molecule has 0 aromatic heterocycles. The van der Waals surface area contributed by atoms with Crippen LogP contribution in [0.4, 0.5) is 5.69 Å². The van der Waals surface area contributed by atoms with E-state index in [4.69, 9.17) is 16.3 Å². The molecule has 1 aliphatic rings. The van der Waals surface area contributed by atoms with Crippen molar-refractivity contribution in [3.63, 3.8) is 0 Å². The Morgan fingerprint density at radius 3 is 2.67 bits per heavy atom. The third-order valence-electron chi connectivity index (χ3n) is 4.85. The summed E-state index contributed by atoms with van der Waals surface area (Å²) < 4.78 is 5.29. The summed E-state index contributed by atoms with van der Waals surface area (Å²) in [7, 11) is 1.51. The summed E-state index contributed by atoms with van der Waals surface area (Å²) in [6, 6.07) is 10.3. The highest BCUT2D eigenvalue weighted by atomic mass is 35.5. The zero-order valence-electron chi connectivity index (χ0n) is 15.7. The van der Waals surface area contributed by atoms with E-state index in [-0.39, 0.29) is 11.8 Å². The Kier molecular flexibility index (Phi) is 5.71. The van der Waals surface area contributed by atoms with Gasteiger partial charge in [0.1, 0.15) is 11.8 Å². The summed E-state index contributed by atoms with van der Waals surface area (Å²) >= 11 is 6.06. The van der Waals surface area contributed by atoms with Gasteiger partial charge >= 0.3 is 0 Å². The van der Waals surface area contributed by atoms with Crippen molar-refractivity contribution in [2.24, 2.45) is 0 Å². The highest BCUT2D eigenvalue weighted by Gasteiger charge is 2.35. The molecule has 0 radical (unpaired) electrons. The van der Waals surface area contributed by atoms with E-state index in [1.807, 2.05) is 32.0 Å². The molecule has 2 amide bonds. The Balaban J connectivity index is 1.81. The van der Waals surface area contributed by atoms with E-state index in [1.54, 1.807) is 23.1 Å². The Morgan fingerprint density at radius 2 is 1.96 bits per heavy atom. The molecule has 1 aliphatic heterocycles. The number of carbonyl (C=O) groups is 2. The molecule has 27 heavy (non-hydrogen) atoms. The van der Waals surface area contributed by atoms with Crippen LogP contribution in [0.5, 0.6) is 5.75 Å². The molecular weight excluding hydrogens is 364 g/mol. The van der Waals surface area contributed by atoms with Gasteiger partial charge in [0.25, 0.3) is 5.91 Å². The van der Waals surface area contributed by atoms with Gasteiger partial charge in [-0.3, -0.25) is 9.59 Å². The fourth-order valence-electron chi connectivity index (χ4n) is 3.45. The van der Waals surface area contributed by atoms with Gasteiger partial charge in [-0.25, -0.2) is 0 Å². The largest absolute Gasteiger partial charge is 0.496 e. The zero-order chi connectivity index (χ0) is 19.6. The number of carbonyl (C=O) groups excluding carboxylic acids is 2. The van der Waals surface area contributed by atoms with Gasteiger partial charge in [0.2, 0.25) is 5.91 Å². The van der Waals surface area contributed by atoms with Crippen LogP contribution in [0.1, 0.15) is 34.3 Å². The predicted octanol–water partition coefficient (Wildman–Crippen LogP) is 4.21. The Morgan fingerprint density at radius 1 is 1.19 bits per heavy atom. The molecule has 0 spiro atoms. The normalized spacial score (nSPS) is 16.3. The van der Waals surface area contributed by atoms with E-state index >= 15 is 0 Å². The first kappa shape index (κ1) is 19.2. The van der Waals surface area contributed by atoms with E-state index in [1.165, 1.54) is 7.11 Å². The molecule has 142 valence electrons. The zero-order valence-corrected chi connectivity index (χ0v) is 16.5. The van der Waals surface area contributed by atoms with Crippen molar-refractivity contribution in [3.8, 4) is 5.75 Å². The van der Waals surface area contributed by atoms with Gasteiger partial charge in [-0.15, -0.1) is 0 Å². The van der Waals surface area contributed by atoms with E-state index in [0.717, 1.165) is 23.2 Å². The molecule has 1 saturated heterocycles. The van der Waals surface area contributed by atoms with Crippen LogP contribution in [0.2, 0.25) is 5.02 Å². The maximum Gasteiger partial charge on any atom is 0.258 e. The third-order valence-corrected chi connectivity index (χ3v) is 5.08. The van der Waals surface area contributed by atoms with Crippen LogP contribution < -0.4 is 10.1 Å². The van der Waals surface area contributed by atoms with Crippen LogP contribution in [0.25, 0.3) is 0 Å². The lowest BCUT2D eigenvalue weighted by Gasteiger charge is -2.25. The Labute approximate surface area is 164 Å². The molecule has 2 aromatic carbocycles. The summed E-state index contributed by atoms with van der Waals surface area (Å²) in [6.45, 7) is 4.49. The summed E-state index contributed by atoms with van der Waals surface area (Å²) in [5, 5.41) is 3.42. The number of hydrogen-bond acceptors (Lipinski definition) is 3. The number of ether oxygens (including phenoxy) is 1. The van der Waals surface area contributed by atoms with Gasteiger partial charge in [-0.05, 0) is 56.5 Å². The van der Waals surface area contributed by atoms with Crippen LogP contribution in [-0.4, -0.2) is 36.4 Å². The number of benzene rings is 2. The van der Waals surface area contributed by atoms with Crippen molar-refractivity contribution in [3.05, 3.63) is 58.1 Å². The monoisotopic (exact) mass is 386 g/mol. The molecule has 3 rings (SSSR count). The van der Waals surface area contributed by atoms with Gasteiger partial charge in [0, 0.05) is 17.3 Å². The second-order valence-corrected chi connectivity index (χ2v) is 7.25. The second-order valence-electron chi connectivity index (χ2n) is 6.81. The number of anilines is 1. The van der Waals surface area contributed by atoms with E-state index in [9.17, 15) is 9.59 Å². The second kappa shape index (κ2) is 8.01. The van der Waals surface area contributed by atoms with Gasteiger partial charge in [0.15, 0.2) is 0 Å². The molecule has 0 aliphatic carbocycles. The maximum atomic E-state index is 13.1. The number of amides is 2. The van der Waals surface area contributed by atoms with Crippen LogP contribution in [0.15, 0.2) is 36.4 Å². The molecule has 1 fully saturated rings. The topological polar surface area (TPSA) is 58.6 Å². The number of hydrogen-bond donors (Lipinski definition) is 1. The van der Waals surface area contributed by atoms with Crippen molar-refractivity contribution in [1.29, 1.82) is 0 Å². The lowest BCUT2D eigenvalue weighted by atomic mass is 10.1. The van der Waals surface area contributed by atoms with Crippen molar-refractivity contribution < 1.29 is 14.3 Å². The van der Waals surface area contributed by atoms with Crippen LogP contribution >= 0.6 is 11.6 Å². The summed E-state index contributed by atoms with van der Waals surface area (Å²) in [6.07, 6.45) is 1.41. The first-order chi connectivity index (χ1) is 12.9. The molecule has 0 bridgehead atoms. The molecule has 0 saturated carbocycles. The number of methoxy groups -OCH3 is 1. The van der Waals surface area contributed by atoms with Gasteiger partial charge in [-0.1, -0.05) is 29.3 Å². The van der Waals surface area contributed by atoms with Gasteiger partial charge in [-0.2, -0.15) is 0 Å². The third kappa shape index (κ3) is 4.08. The molecule has 6 heteroatoms. The van der Waals surface area contributed by atoms with Crippen molar-refractivity contribution in [1.82, 2.24) is 4.90 Å². The molecule has 1 atom stereocenters. The minimum Gasteiger partial charge on any atom is -0.496 e. The van der Waals surface area contributed by atoms with Crippen LogP contribution in [-0.2, 0) is 4.79 Å². The lowest BCUT2D eigenvalue weighted by Crippen LogP contribution is -2.43. The van der Waals surface area contributed by atoms with E-state index in [2.05, 4.69) is 5.32 Å². The Bertz CT molecular complexity index is 882. The fourth-order valence-corrected chi connectivity index (χ4v) is 3.63. The number of rotatable bonds is 4. The van der Waals surface area contributed by atoms with Crippen LogP contribution in [0.3, 0.4) is 0 Å². The minimum atomic E-state index is -0.512. The average molecular weight is 387 g/mol. The van der Waals surface area contributed by atoms with Crippen LogP contribution in [0, 0.1) is 13.8 Å². The van der Waals surface area contributed by atoms with Gasteiger partial charge < -0.3 is 15.0 Å². The molecule has 5 nitrogen and oxygen atoms in total. The maximum absolute atomic E-state index is 13.1. The first-order valence-corrected chi connectivity index (χ1v) is 9.31. The molecule has 1 N–H and O–H groups in total. The number of halogens is 1. The molecule has 1 unspecified atom stereocenters. The molecule has 2 aromatic rings. The summed E-state index contributed by atoms with van der Waals surface area (Å²) in [5.74, 6) is 0.0336. The minimum absolute atomic E-state index is 0.172. The van der Waals surface area contributed by atoms with Gasteiger partial charge in [0.05, 0.1) is 12.7 Å². The summed E-state index contributed by atoms with van der Waals surface area (Å²) in [4.78, 5) is 27.5. The quantitative estimate of drug-likeness (QED) is 0.856. The van der Waals surface area contributed by atoms with Crippen molar-refractivity contribution in [2.75, 3.05) is 19.0 Å². The molecular formula is C21H23ClN2O3. The molecule has 1 heterocycles. The van der Waals surface area contributed by atoms with Crippen molar-refractivity contribution >= 4 is 29.1 Å². The standard InChI is InChI=1S/C21H23ClN2O3/c1-13-6-8-17(14(2)11-13)23-20(25)18-5-4-10-24(18)21(26)16-12-15(22)7-9-19(16)27-3/h6-9,11-12,18H,4-5,10H2,1-3H3,(H,23,25). The fraction of sp³-hybridized carbons (Fsp3) is 0.333. The highest BCUT2D eigenvalue weighted by molar-refractivity contribution is 6.31. The number of nitrogens with one attached hydrogen (secondary N) is 1. The SMILES string of the molecule is COc1ccc(Cl)cc1C(=O)N1CCCC1C(=O)Nc1ccc(C)cc1C. The Hall–Kier alpha value is -2.53. The first-order valence-electron chi connectivity index (χ1n) is 8.93. The highest BCUT2D eigenvalue weighted by Crippen LogP contribution is 2.28. The lowest BCUT2D eigenvalue weighted by molar-refractivity contribution is -0.119.